The maximum Gasteiger partial charge on any atom is 0.242 e. The van der Waals surface area contributed by atoms with Gasteiger partial charge in [-0.05, 0) is 38.5 Å². The molecule has 0 saturated carbocycles. The van der Waals surface area contributed by atoms with Gasteiger partial charge in [-0.25, -0.2) is 0 Å². The molecular formula is C15H20N2O2. The summed E-state index contributed by atoms with van der Waals surface area (Å²) in [6.45, 7) is 6.31. The molecule has 19 heavy (non-hydrogen) atoms. The normalized spacial score (nSPS) is 10.7. The Morgan fingerprint density at radius 1 is 1.37 bits per heavy atom. The van der Waals surface area contributed by atoms with E-state index in [1.807, 2.05) is 37.3 Å². The quantitative estimate of drug-likeness (QED) is 0.817. The molecule has 0 N–H and O–H groups in total. The van der Waals surface area contributed by atoms with Crippen molar-refractivity contribution in [1.29, 1.82) is 5.26 Å². The molecule has 0 atom stereocenters. The lowest BCUT2D eigenvalue weighted by atomic mass is 9.94. The molecule has 102 valence electrons. The van der Waals surface area contributed by atoms with Crippen molar-refractivity contribution in [1.82, 2.24) is 4.90 Å². The van der Waals surface area contributed by atoms with Gasteiger partial charge in [-0.15, -0.1) is 0 Å². The lowest BCUT2D eigenvalue weighted by Gasteiger charge is -2.24. The summed E-state index contributed by atoms with van der Waals surface area (Å²) in [6, 6.07) is 9.63. The topological polar surface area (TPSA) is 53.3 Å². The summed E-state index contributed by atoms with van der Waals surface area (Å²) >= 11 is 0. The van der Waals surface area contributed by atoms with Crippen molar-refractivity contribution in [2.24, 2.45) is 5.41 Å². The largest absolute Gasteiger partial charge is 0.494 e. The molecule has 0 spiro atoms. The van der Waals surface area contributed by atoms with Crippen molar-refractivity contribution in [2.45, 2.75) is 27.3 Å². The molecule has 0 unspecified atom stereocenters. The number of hydrogen-bond acceptors (Lipinski definition) is 3. The first-order valence-corrected chi connectivity index (χ1v) is 6.29. The first-order valence-electron chi connectivity index (χ1n) is 6.29. The van der Waals surface area contributed by atoms with Gasteiger partial charge < -0.3 is 9.64 Å². The highest BCUT2D eigenvalue weighted by molar-refractivity contribution is 5.84. The van der Waals surface area contributed by atoms with E-state index in [-0.39, 0.29) is 5.91 Å². The van der Waals surface area contributed by atoms with E-state index in [1.54, 1.807) is 25.8 Å². The molecule has 0 fully saturated rings. The van der Waals surface area contributed by atoms with E-state index in [0.29, 0.717) is 13.2 Å². The number of nitrogens with zero attached hydrogens (tertiary/aromatic N) is 2. The monoisotopic (exact) mass is 260 g/mol. The number of nitriles is 1. The highest BCUT2D eigenvalue weighted by Crippen LogP contribution is 2.19. The van der Waals surface area contributed by atoms with Crippen LogP contribution in [0.25, 0.3) is 0 Å². The minimum atomic E-state index is -0.986. The molecule has 4 nitrogen and oxygen atoms in total. The van der Waals surface area contributed by atoms with Crippen molar-refractivity contribution < 1.29 is 9.53 Å². The van der Waals surface area contributed by atoms with E-state index in [2.05, 4.69) is 0 Å². The molecule has 1 aromatic rings. The summed E-state index contributed by atoms with van der Waals surface area (Å²) in [5.74, 6) is 0.640. The molecule has 0 radical (unpaired) electrons. The van der Waals surface area contributed by atoms with Gasteiger partial charge in [-0.2, -0.15) is 5.26 Å². The first kappa shape index (κ1) is 15.0. The van der Waals surface area contributed by atoms with Gasteiger partial charge in [0.1, 0.15) is 11.2 Å². The minimum Gasteiger partial charge on any atom is -0.494 e. The van der Waals surface area contributed by atoms with E-state index < -0.39 is 5.41 Å². The van der Waals surface area contributed by atoms with E-state index >= 15 is 0 Å². The second-order valence-electron chi connectivity index (χ2n) is 4.97. The van der Waals surface area contributed by atoms with E-state index in [1.165, 1.54) is 0 Å². The van der Waals surface area contributed by atoms with Crippen LogP contribution in [0.2, 0.25) is 0 Å². The van der Waals surface area contributed by atoms with Crippen LogP contribution in [0.1, 0.15) is 26.3 Å². The van der Waals surface area contributed by atoms with Gasteiger partial charge in [0.15, 0.2) is 0 Å². The zero-order valence-corrected chi connectivity index (χ0v) is 11.9. The Balaban J connectivity index is 2.70. The third-order valence-electron chi connectivity index (χ3n) is 2.81. The van der Waals surface area contributed by atoms with Crippen LogP contribution >= 0.6 is 0 Å². The SMILES string of the molecule is CCOc1ccc(CN(C)C(=O)C(C)(C)C#N)cc1. The molecule has 0 aliphatic heterocycles. The zero-order valence-electron chi connectivity index (χ0n) is 11.9. The smallest absolute Gasteiger partial charge is 0.242 e. The number of carbonyl (C=O) groups excluding carboxylic acids is 1. The lowest BCUT2D eigenvalue weighted by Crippen LogP contribution is -2.37. The molecule has 1 rings (SSSR count). The average Bonchev–Trinajstić information content (AvgIpc) is 2.40. The maximum atomic E-state index is 12.0. The number of amides is 1. The van der Waals surface area contributed by atoms with E-state index in [9.17, 15) is 4.79 Å². The second kappa shape index (κ2) is 6.24. The van der Waals surface area contributed by atoms with Crippen molar-refractivity contribution >= 4 is 5.91 Å². The molecule has 1 amide bonds. The van der Waals surface area contributed by atoms with Crippen LogP contribution in [0.4, 0.5) is 0 Å². The third-order valence-corrected chi connectivity index (χ3v) is 2.81. The third kappa shape index (κ3) is 3.99. The maximum absolute atomic E-state index is 12.0. The lowest BCUT2D eigenvalue weighted by molar-refractivity contribution is -0.136. The van der Waals surface area contributed by atoms with Crippen LogP contribution in [-0.4, -0.2) is 24.5 Å². The molecule has 0 aliphatic rings. The van der Waals surface area contributed by atoms with Crippen LogP contribution in [-0.2, 0) is 11.3 Å². The fraction of sp³-hybridized carbons (Fsp3) is 0.467. The Morgan fingerprint density at radius 3 is 2.42 bits per heavy atom. The van der Waals surface area contributed by atoms with Gasteiger partial charge in [0.25, 0.3) is 0 Å². The van der Waals surface area contributed by atoms with Crippen LogP contribution < -0.4 is 4.74 Å². The summed E-state index contributed by atoms with van der Waals surface area (Å²) in [5.41, 5.74) is 0.0213. The van der Waals surface area contributed by atoms with E-state index in [4.69, 9.17) is 10.00 Å². The number of carbonyl (C=O) groups is 1. The molecule has 0 aromatic heterocycles. The Kier molecular flexibility index (Phi) is 4.94. The zero-order chi connectivity index (χ0) is 14.5. The van der Waals surface area contributed by atoms with Gasteiger partial charge >= 0.3 is 0 Å². The number of benzene rings is 1. The highest BCUT2D eigenvalue weighted by atomic mass is 16.5. The first-order chi connectivity index (χ1) is 8.90. The van der Waals surface area contributed by atoms with Gasteiger partial charge in [0.05, 0.1) is 12.7 Å². The van der Waals surface area contributed by atoms with Crippen LogP contribution in [0.5, 0.6) is 5.75 Å². The van der Waals surface area contributed by atoms with Gasteiger partial charge in [0, 0.05) is 13.6 Å². The standard InChI is InChI=1S/C15H20N2O2/c1-5-19-13-8-6-12(7-9-13)10-17(4)14(18)15(2,3)11-16/h6-9H,5,10H2,1-4H3. The van der Waals surface area contributed by atoms with Crippen LogP contribution in [0.3, 0.4) is 0 Å². The molecule has 0 heterocycles. The van der Waals surface area contributed by atoms with E-state index in [0.717, 1.165) is 11.3 Å². The average molecular weight is 260 g/mol. The fourth-order valence-corrected chi connectivity index (χ4v) is 1.73. The van der Waals surface area contributed by atoms with Crippen molar-refractivity contribution in [2.75, 3.05) is 13.7 Å². The summed E-state index contributed by atoms with van der Waals surface area (Å²) in [4.78, 5) is 13.6. The Hall–Kier alpha value is -2.02. The van der Waals surface area contributed by atoms with Crippen molar-refractivity contribution in [3.05, 3.63) is 29.8 Å². The number of hydrogen-bond donors (Lipinski definition) is 0. The minimum absolute atomic E-state index is 0.177. The molecule has 0 bridgehead atoms. The molecule has 1 aromatic carbocycles. The predicted molar refractivity (Wildman–Crippen MR) is 73.5 cm³/mol. The summed E-state index contributed by atoms with van der Waals surface area (Å²) in [6.07, 6.45) is 0. The predicted octanol–water partition coefficient (Wildman–Crippen LogP) is 2.59. The molecule has 0 aliphatic carbocycles. The highest BCUT2D eigenvalue weighted by Gasteiger charge is 2.30. The molecule has 4 heteroatoms. The van der Waals surface area contributed by atoms with Gasteiger partial charge in [0.2, 0.25) is 5.91 Å². The second-order valence-corrected chi connectivity index (χ2v) is 4.97. The molecule has 0 saturated heterocycles. The Labute approximate surface area is 114 Å². The summed E-state index contributed by atoms with van der Waals surface area (Å²) < 4.78 is 5.36. The molecular weight excluding hydrogens is 240 g/mol. The Morgan fingerprint density at radius 2 is 1.95 bits per heavy atom. The summed E-state index contributed by atoms with van der Waals surface area (Å²) in [7, 11) is 1.71. The van der Waals surface area contributed by atoms with Crippen molar-refractivity contribution in [3.63, 3.8) is 0 Å². The van der Waals surface area contributed by atoms with Crippen LogP contribution in [0, 0.1) is 16.7 Å². The van der Waals surface area contributed by atoms with Crippen LogP contribution in [0.15, 0.2) is 24.3 Å². The summed E-state index contributed by atoms with van der Waals surface area (Å²) in [5, 5.41) is 8.96. The van der Waals surface area contributed by atoms with Gasteiger partial charge in [-0.1, -0.05) is 12.1 Å². The van der Waals surface area contributed by atoms with Gasteiger partial charge in [-0.3, -0.25) is 4.79 Å². The fourth-order valence-electron chi connectivity index (χ4n) is 1.73. The Bertz CT molecular complexity index is 472. The number of rotatable bonds is 5. The van der Waals surface area contributed by atoms with Crippen molar-refractivity contribution in [3.8, 4) is 11.8 Å². The number of ether oxygens (including phenoxy) is 1.